The van der Waals surface area contributed by atoms with Crippen LogP contribution in [0.1, 0.15) is 0 Å². The fourth-order valence-corrected chi connectivity index (χ4v) is 10.1. The van der Waals surface area contributed by atoms with Gasteiger partial charge in [-0.15, -0.1) is 0 Å². The van der Waals surface area contributed by atoms with Crippen molar-refractivity contribution in [3.05, 3.63) is 212 Å². The molecule has 0 saturated heterocycles. The first-order valence-electron chi connectivity index (χ1n) is 14.8. The van der Waals surface area contributed by atoms with E-state index in [1.807, 2.05) is 30.3 Å². The van der Waals surface area contributed by atoms with Crippen molar-refractivity contribution < 1.29 is 16.6 Å². The molecule has 0 saturated carbocycles. The predicted molar refractivity (Wildman–Crippen MR) is 204 cm³/mol. The van der Waals surface area contributed by atoms with Crippen molar-refractivity contribution >= 4 is 61.2 Å². The van der Waals surface area contributed by atoms with E-state index in [2.05, 4.69) is 196 Å². The molecule has 4 heteroatoms. The van der Waals surface area contributed by atoms with Crippen LogP contribution in [0.2, 0.25) is 0 Å². The molecular formula is C41H37BrOsP2+. The van der Waals surface area contributed by atoms with Gasteiger partial charge in [0, 0.05) is 0 Å². The van der Waals surface area contributed by atoms with E-state index in [1.165, 1.54) is 31.8 Å². The first kappa shape index (κ1) is 34.5. The molecule has 0 aliphatic carbocycles. The van der Waals surface area contributed by atoms with Crippen LogP contribution in [0, 0.1) is 0 Å². The van der Waals surface area contributed by atoms with Gasteiger partial charge in [0.15, 0.2) is 0 Å². The van der Waals surface area contributed by atoms with Gasteiger partial charge >= 0.3 is 30.2 Å². The fraction of sp³-hybridized carbons (Fsp3) is 0. The minimum Gasteiger partial charge on any atom is -0.214 e. The maximum atomic E-state index is 2.97. The van der Waals surface area contributed by atoms with Gasteiger partial charge in [-0.3, -0.25) is 0 Å². The number of hydrogen-bond acceptors (Lipinski definition) is 0. The Kier molecular flexibility index (Phi) is 15.8. The standard InChI is InChI=1S/2C18H15P.C5H5.BrH.Os/c2*1-4-10-16(11-5-1)19(17-12-6-2-7-13-17)18-14-8-3-9-15-18;1-2-4-5-3-1;;/h2*1-15H;1-5H;1H;/q;;-1;;+1/p+1. The van der Waals surface area contributed by atoms with E-state index in [1.54, 1.807) is 16.6 Å². The summed E-state index contributed by atoms with van der Waals surface area (Å²) in [6, 6.07) is 75.0. The second kappa shape index (κ2) is 20.6. The zero-order valence-corrected chi connectivity index (χ0v) is 31.1. The molecule has 0 heterocycles. The van der Waals surface area contributed by atoms with Crippen LogP contribution >= 0.6 is 29.4 Å². The van der Waals surface area contributed by atoms with Crippen LogP contribution in [0.5, 0.6) is 0 Å². The van der Waals surface area contributed by atoms with Crippen molar-refractivity contribution in [2.75, 3.05) is 0 Å². The van der Waals surface area contributed by atoms with Crippen molar-refractivity contribution in [1.82, 2.24) is 0 Å². The van der Waals surface area contributed by atoms with Gasteiger partial charge in [-0.05, 0) is 72.8 Å². The number of rotatable bonds is 6. The van der Waals surface area contributed by atoms with Gasteiger partial charge in [-0.25, -0.2) is 12.1 Å². The summed E-state index contributed by atoms with van der Waals surface area (Å²) in [6.45, 7) is 0. The normalized spacial score (nSPS) is 9.96. The molecule has 0 unspecified atom stereocenters. The summed E-state index contributed by atoms with van der Waals surface area (Å²) in [6.07, 6.45) is 0. The molecule has 0 nitrogen and oxygen atoms in total. The molecule has 0 bridgehead atoms. The van der Waals surface area contributed by atoms with Crippen LogP contribution in [-0.4, -0.2) is 0 Å². The third-order valence-corrected chi connectivity index (χ3v) is 12.4. The summed E-state index contributed by atoms with van der Waals surface area (Å²) in [5.74, 6) is 0. The Labute approximate surface area is 288 Å². The molecule has 0 N–H and O–H groups in total. The summed E-state index contributed by atoms with van der Waals surface area (Å²) < 4.78 is 0. The van der Waals surface area contributed by atoms with Crippen LogP contribution < -0.4 is 31.8 Å². The summed E-state index contributed by atoms with van der Waals surface area (Å²) in [5, 5.41) is 8.61. The van der Waals surface area contributed by atoms with Crippen LogP contribution in [0.25, 0.3) is 0 Å². The van der Waals surface area contributed by atoms with Gasteiger partial charge in [0.05, 0.1) is 15.8 Å². The molecule has 0 aromatic heterocycles. The minimum atomic E-state index is -0.877. The molecule has 7 aromatic rings. The molecular weight excluding hydrogens is 825 g/mol. The monoisotopic (exact) mass is 862 g/mol. The Morgan fingerprint density at radius 2 is 0.467 bits per heavy atom. The van der Waals surface area contributed by atoms with Crippen molar-refractivity contribution in [3.63, 3.8) is 0 Å². The summed E-state index contributed by atoms with van der Waals surface area (Å²) in [7, 11) is -1.75. The van der Waals surface area contributed by atoms with E-state index >= 15 is 0 Å². The van der Waals surface area contributed by atoms with Gasteiger partial charge < -0.3 is 0 Å². The topological polar surface area (TPSA) is 0 Å². The second-order valence-corrected chi connectivity index (χ2v) is 14.9. The zero-order chi connectivity index (χ0) is 31.4. The average Bonchev–Trinajstić information content (AvgIpc) is 3.74. The summed E-state index contributed by atoms with van der Waals surface area (Å²) >= 11 is 4.64. The summed E-state index contributed by atoms with van der Waals surface area (Å²) in [5.41, 5.74) is 0. The first-order valence-corrected chi connectivity index (χ1v) is 23.3. The smallest absolute Gasteiger partial charge is 0.102 e. The van der Waals surface area contributed by atoms with Crippen molar-refractivity contribution in [1.29, 1.82) is 0 Å². The molecule has 225 valence electrons. The van der Waals surface area contributed by atoms with Crippen LogP contribution in [-0.2, 0) is 16.6 Å². The molecule has 7 aromatic carbocycles. The van der Waals surface area contributed by atoms with Gasteiger partial charge in [0.2, 0.25) is 0 Å². The molecule has 7 rings (SSSR count). The van der Waals surface area contributed by atoms with Gasteiger partial charge in [0.25, 0.3) is 0 Å². The molecule has 0 fully saturated rings. The van der Waals surface area contributed by atoms with Crippen molar-refractivity contribution in [2.24, 2.45) is 0 Å². The quantitative estimate of drug-likeness (QED) is 0.116. The third-order valence-electron chi connectivity index (χ3n) is 6.93. The Morgan fingerprint density at radius 3 is 0.600 bits per heavy atom. The third kappa shape index (κ3) is 11.2. The second-order valence-electron chi connectivity index (χ2n) is 9.91. The largest absolute Gasteiger partial charge is 0.214 e. The average molecular weight is 862 g/mol. The van der Waals surface area contributed by atoms with E-state index in [-0.39, 0.29) is 0 Å². The van der Waals surface area contributed by atoms with Crippen molar-refractivity contribution in [3.8, 4) is 0 Å². The maximum Gasteiger partial charge on any atom is 0.102 e. The molecule has 0 radical (unpaired) electrons. The fourth-order valence-electron chi connectivity index (χ4n) is 4.95. The number of hydrogen-bond donors (Lipinski definition) is 0. The minimum absolute atomic E-state index is 0.877. The molecule has 0 aliphatic rings. The van der Waals surface area contributed by atoms with Crippen LogP contribution in [0.4, 0.5) is 0 Å². The Morgan fingerprint density at radius 1 is 0.289 bits per heavy atom. The van der Waals surface area contributed by atoms with Crippen molar-refractivity contribution in [2.45, 2.75) is 0 Å². The van der Waals surface area contributed by atoms with Crippen LogP contribution in [0.15, 0.2) is 212 Å². The number of halogens is 1. The predicted octanol–water partition coefficient (Wildman–Crippen LogP) is 8.60. The summed E-state index contributed by atoms with van der Waals surface area (Å²) in [4.78, 5) is 0. The molecule has 0 atom stereocenters. The van der Waals surface area contributed by atoms with E-state index < -0.39 is 15.8 Å². The Balaban J connectivity index is 0.000000169. The van der Waals surface area contributed by atoms with E-state index in [0.717, 1.165) is 0 Å². The zero-order valence-electron chi connectivity index (χ0n) is 24.9. The van der Waals surface area contributed by atoms with Gasteiger partial charge in [-0.1, -0.05) is 109 Å². The Bertz CT molecular complexity index is 1360. The van der Waals surface area contributed by atoms with Gasteiger partial charge in [-0.2, -0.15) is 18.2 Å². The molecule has 0 spiro atoms. The molecule has 45 heavy (non-hydrogen) atoms. The maximum absolute atomic E-state index is 2.97. The van der Waals surface area contributed by atoms with E-state index in [0.29, 0.717) is 0 Å². The van der Waals surface area contributed by atoms with Crippen LogP contribution in [0.3, 0.4) is 0 Å². The molecule has 0 amide bonds. The van der Waals surface area contributed by atoms with Gasteiger partial charge in [0.1, 0.15) is 31.8 Å². The molecule has 0 aliphatic heterocycles. The van der Waals surface area contributed by atoms with E-state index in [4.69, 9.17) is 0 Å². The first-order chi connectivity index (χ1) is 22.4. The van der Waals surface area contributed by atoms with E-state index in [9.17, 15) is 0 Å². The SMILES string of the molecule is [Br][Os].c1cc[cH-]c1.c1ccc([PH+](c2ccccc2)c2ccccc2)cc1.c1ccc([PH+](c2ccccc2)c2ccccc2)cc1. The Hall–Kier alpha value is -3.35. The number of benzene rings is 6.